The number of hydrogen-bond acceptors (Lipinski definition) is 4. The molecule has 0 radical (unpaired) electrons. The van der Waals surface area contributed by atoms with Gasteiger partial charge in [-0.2, -0.15) is 5.10 Å². The van der Waals surface area contributed by atoms with Crippen molar-refractivity contribution in [1.82, 2.24) is 15.5 Å². The third-order valence-corrected chi connectivity index (χ3v) is 3.46. The summed E-state index contributed by atoms with van der Waals surface area (Å²) in [6.07, 6.45) is 1.78. The minimum absolute atomic E-state index is 0.0311. The molecule has 0 spiro atoms. The van der Waals surface area contributed by atoms with E-state index in [1.54, 1.807) is 25.3 Å². The summed E-state index contributed by atoms with van der Waals surface area (Å²) in [5, 5.41) is 21.2. The van der Waals surface area contributed by atoms with Crippen LogP contribution in [0.3, 0.4) is 0 Å². The molecule has 0 aliphatic rings. The van der Waals surface area contributed by atoms with Crippen molar-refractivity contribution in [2.45, 2.75) is 33.4 Å². The van der Waals surface area contributed by atoms with Crippen molar-refractivity contribution >= 4 is 5.69 Å². The smallest absolute Gasteiger partial charge is 0.272 e. The van der Waals surface area contributed by atoms with Crippen LogP contribution in [0.15, 0.2) is 24.4 Å². The van der Waals surface area contributed by atoms with Crippen molar-refractivity contribution in [3.63, 3.8) is 0 Å². The van der Waals surface area contributed by atoms with Crippen LogP contribution >= 0.6 is 0 Å². The summed E-state index contributed by atoms with van der Waals surface area (Å²) in [5.41, 5.74) is 3.87. The highest BCUT2D eigenvalue weighted by Crippen LogP contribution is 2.23. The Morgan fingerprint density at radius 1 is 1.45 bits per heavy atom. The average Bonchev–Trinajstić information content (AvgIpc) is 2.81. The fraction of sp³-hybridized carbons (Fsp3) is 0.357. The Labute approximate surface area is 117 Å². The van der Waals surface area contributed by atoms with E-state index in [0.717, 1.165) is 16.8 Å². The molecule has 6 heteroatoms. The zero-order valence-electron chi connectivity index (χ0n) is 11.8. The van der Waals surface area contributed by atoms with Crippen LogP contribution in [0.25, 0.3) is 0 Å². The fourth-order valence-electron chi connectivity index (χ4n) is 2.03. The summed E-state index contributed by atoms with van der Waals surface area (Å²) in [4.78, 5) is 10.6. The molecule has 2 N–H and O–H groups in total. The molecule has 0 saturated carbocycles. The molecule has 1 aromatic carbocycles. The van der Waals surface area contributed by atoms with Gasteiger partial charge in [-0.3, -0.25) is 15.2 Å². The van der Waals surface area contributed by atoms with Crippen molar-refractivity contribution in [2.75, 3.05) is 0 Å². The lowest BCUT2D eigenvalue weighted by atomic mass is 10.0. The molecular weight excluding hydrogens is 256 g/mol. The Morgan fingerprint density at radius 3 is 2.80 bits per heavy atom. The van der Waals surface area contributed by atoms with Crippen LogP contribution in [0.1, 0.15) is 35.3 Å². The number of rotatable bonds is 5. The van der Waals surface area contributed by atoms with Crippen LogP contribution in [0.5, 0.6) is 0 Å². The van der Waals surface area contributed by atoms with Gasteiger partial charge in [-0.25, -0.2) is 0 Å². The van der Waals surface area contributed by atoms with Gasteiger partial charge in [0.15, 0.2) is 0 Å². The normalized spacial score (nSPS) is 12.3. The topological polar surface area (TPSA) is 83.8 Å². The number of nitro groups is 1. The Hall–Kier alpha value is -2.21. The third-order valence-electron chi connectivity index (χ3n) is 3.46. The van der Waals surface area contributed by atoms with Crippen molar-refractivity contribution in [2.24, 2.45) is 0 Å². The van der Waals surface area contributed by atoms with Gasteiger partial charge in [0.1, 0.15) is 0 Å². The van der Waals surface area contributed by atoms with E-state index in [4.69, 9.17) is 0 Å². The number of H-pyrrole nitrogens is 1. The summed E-state index contributed by atoms with van der Waals surface area (Å²) in [5.74, 6) is 0. The molecule has 20 heavy (non-hydrogen) atoms. The van der Waals surface area contributed by atoms with E-state index in [-0.39, 0.29) is 16.7 Å². The molecule has 1 heterocycles. The zero-order chi connectivity index (χ0) is 14.7. The predicted octanol–water partition coefficient (Wildman–Crippen LogP) is 2.79. The molecule has 1 atom stereocenters. The Bertz CT molecular complexity index is 621. The van der Waals surface area contributed by atoms with Crippen molar-refractivity contribution in [3.05, 3.63) is 56.9 Å². The molecule has 2 rings (SSSR count). The number of nitrogens with zero attached hydrogens (tertiary/aromatic N) is 2. The number of aryl methyl sites for hydroxylation is 2. The number of benzene rings is 1. The van der Waals surface area contributed by atoms with E-state index in [0.29, 0.717) is 12.1 Å². The lowest BCUT2D eigenvalue weighted by molar-refractivity contribution is -0.385. The highest BCUT2D eigenvalue weighted by Gasteiger charge is 2.14. The predicted molar refractivity (Wildman–Crippen MR) is 76.4 cm³/mol. The van der Waals surface area contributed by atoms with E-state index in [1.807, 2.05) is 19.9 Å². The first-order chi connectivity index (χ1) is 9.49. The molecule has 1 unspecified atom stereocenters. The number of nitro benzene ring substituents is 1. The van der Waals surface area contributed by atoms with Gasteiger partial charge in [-0.1, -0.05) is 12.1 Å². The summed E-state index contributed by atoms with van der Waals surface area (Å²) in [6, 6.07) is 5.37. The highest BCUT2D eigenvalue weighted by molar-refractivity contribution is 5.43. The number of aromatic amines is 1. The first kappa shape index (κ1) is 14.2. The molecule has 0 aliphatic carbocycles. The molecule has 2 aromatic rings. The van der Waals surface area contributed by atoms with Gasteiger partial charge in [0.25, 0.3) is 5.69 Å². The molecule has 6 nitrogen and oxygen atoms in total. The SMILES string of the molecule is Cc1ccc(C(C)NCc2cn[nH]c2C)cc1[N+](=O)[O-]. The molecule has 106 valence electrons. The van der Waals surface area contributed by atoms with Gasteiger partial charge in [0.2, 0.25) is 0 Å². The van der Waals surface area contributed by atoms with E-state index in [1.165, 1.54) is 0 Å². The molecule has 0 bridgehead atoms. The van der Waals surface area contributed by atoms with Crippen LogP contribution in [-0.2, 0) is 6.54 Å². The Balaban J connectivity index is 2.09. The van der Waals surface area contributed by atoms with Gasteiger partial charge in [-0.15, -0.1) is 0 Å². The minimum atomic E-state index is -0.341. The minimum Gasteiger partial charge on any atom is -0.306 e. The lowest BCUT2D eigenvalue weighted by Crippen LogP contribution is -2.18. The lowest BCUT2D eigenvalue weighted by Gasteiger charge is -2.14. The van der Waals surface area contributed by atoms with E-state index in [9.17, 15) is 10.1 Å². The van der Waals surface area contributed by atoms with Gasteiger partial charge in [0, 0.05) is 35.5 Å². The second-order valence-corrected chi connectivity index (χ2v) is 4.93. The van der Waals surface area contributed by atoms with Gasteiger partial charge >= 0.3 is 0 Å². The van der Waals surface area contributed by atoms with E-state index in [2.05, 4.69) is 15.5 Å². The van der Waals surface area contributed by atoms with Crippen molar-refractivity contribution in [3.8, 4) is 0 Å². The van der Waals surface area contributed by atoms with Crippen LogP contribution in [0.4, 0.5) is 5.69 Å². The van der Waals surface area contributed by atoms with Gasteiger partial charge in [0.05, 0.1) is 11.1 Å². The van der Waals surface area contributed by atoms with Crippen LogP contribution in [-0.4, -0.2) is 15.1 Å². The average molecular weight is 274 g/mol. The Kier molecular flexibility index (Phi) is 4.14. The first-order valence-electron chi connectivity index (χ1n) is 6.46. The monoisotopic (exact) mass is 274 g/mol. The van der Waals surface area contributed by atoms with Gasteiger partial charge < -0.3 is 5.32 Å². The molecule has 0 amide bonds. The zero-order valence-corrected chi connectivity index (χ0v) is 11.8. The maximum atomic E-state index is 11.0. The largest absolute Gasteiger partial charge is 0.306 e. The standard InChI is InChI=1S/C14H18N4O2/c1-9-4-5-12(6-14(9)18(19)20)10(2)15-7-13-8-16-17-11(13)3/h4-6,8,10,15H,7H2,1-3H3,(H,16,17). The third kappa shape index (κ3) is 3.03. The highest BCUT2D eigenvalue weighted by atomic mass is 16.6. The Morgan fingerprint density at radius 2 is 2.20 bits per heavy atom. The second kappa shape index (κ2) is 5.83. The quantitative estimate of drug-likeness (QED) is 0.648. The van der Waals surface area contributed by atoms with E-state index >= 15 is 0 Å². The molecule has 0 aliphatic heterocycles. The summed E-state index contributed by atoms with van der Waals surface area (Å²) >= 11 is 0. The maximum Gasteiger partial charge on any atom is 0.272 e. The summed E-state index contributed by atoms with van der Waals surface area (Å²) < 4.78 is 0. The van der Waals surface area contributed by atoms with Crippen LogP contribution in [0.2, 0.25) is 0 Å². The first-order valence-corrected chi connectivity index (χ1v) is 6.46. The molecule has 0 saturated heterocycles. The maximum absolute atomic E-state index is 11.0. The van der Waals surface area contributed by atoms with Crippen LogP contribution in [0, 0.1) is 24.0 Å². The molecule has 0 fully saturated rings. The number of aromatic nitrogens is 2. The number of nitrogens with one attached hydrogen (secondary N) is 2. The van der Waals surface area contributed by atoms with E-state index < -0.39 is 0 Å². The fourth-order valence-corrected chi connectivity index (χ4v) is 2.03. The summed E-state index contributed by atoms with van der Waals surface area (Å²) in [6.45, 7) is 6.37. The molecular formula is C14H18N4O2. The van der Waals surface area contributed by atoms with Crippen molar-refractivity contribution < 1.29 is 4.92 Å². The van der Waals surface area contributed by atoms with Crippen molar-refractivity contribution in [1.29, 1.82) is 0 Å². The second-order valence-electron chi connectivity index (χ2n) is 4.93. The van der Waals surface area contributed by atoms with Gasteiger partial charge in [-0.05, 0) is 26.3 Å². The number of hydrogen-bond donors (Lipinski definition) is 2. The van der Waals surface area contributed by atoms with Crippen LogP contribution < -0.4 is 5.32 Å². The summed E-state index contributed by atoms with van der Waals surface area (Å²) in [7, 11) is 0. The molecule has 1 aromatic heterocycles.